The van der Waals surface area contributed by atoms with Crippen LogP contribution in [-0.4, -0.2) is 18.4 Å². The van der Waals surface area contributed by atoms with E-state index in [1.165, 1.54) is 6.20 Å². The number of nitrogens with one attached hydrogen (secondary N) is 1. The Kier molecular flexibility index (Phi) is 3.64. The number of halogens is 1. The smallest absolute Gasteiger partial charge is 0.263 e. The largest absolute Gasteiger partial charge is 0.274 e. The zero-order valence-corrected chi connectivity index (χ0v) is 12.5. The lowest BCUT2D eigenvalue weighted by molar-refractivity contribution is 0.603. The summed E-state index contributed by atoms with van der Waals surface area (Å²) in [5, 5.41) is 0.709. The summed E-state index contributed by atoms with van der Waals surface area (Å²) in [5.41, 5.74) is 0. The van der Waals surface area contributed by atoms with Gasteiger partial charge in [-0.3, -0.25) is 4.72 Å². The average molecular weight is 381 g/mol. The molecule has 0 aliphatic heterocycles. The predicted octanol–water partition coefficient (Wildman–Crippen LogP) is 2.25. The average Bonchev–Trinajstić information content (AvgIpc) is 2.69. The first-order valence-corrected chi connectivity index (χ1v) is 7.92. The minimum Gasteiger partial charge on any atom is -0.263 e. The van der Waals surface area contributed by atoms with E-state index < -0.39 is 10.0 Å². The molecule has 0 radical (unpaired) electrons. The van der Waals surface area contributed by atoms with Crippen LogP contribution in [-0.2, 0) is 10.0 Å². The molecule has 0 aromatic carbocycles. The molecule has 0 bridgehead atoms. The van der Waals surface area contributed by atoms with Gasteiger partial charge >= 0.3 is 0 Å². The Balaban J connectivity index is 2.26. The standard InChI is InChI=1S/C9H8IN3O2S2/c1-6-11-5-9(16-6)17(14,15)13-8-3-2-7(10)4-12-8/h2-5H,1H3,(H,12,13). The molecule has 0 aliphatic rings. The molecule has 2 rings (SSSR count). The van der Waals surface area contributed by atoms with E-state index in [1.807, 2.05) is 0 Å². The van der Waals surface area contributed by atoms with Gasteiger partial charge in [0.15, 0.2) is 4.21 Å². The Bertz CT molecular complexity index is 622. The fraction of sp³-hybridized carbons (Fsp3) is 0.111. The molecule has 5 nitrogen and oxygen atoms in total. The highest BCUT2D eigenvalue weighted by Crippen LogP contribution is 2.20. The Morgan fingerprint density at radius 1 is 1.29 bits per heavy atom. The topological polar surface area (TPSA) is 72.0 Å². The number of thiazole rings is 1. The first-order chi connectivity index (χ1) is 7.97. The molecule has 0 saturated heterocycles. The maximum absolute atomic E-state index is 11.9. The van der Waals surface area contributed by atoms with Crippen molar-refractivity contribution in [1.82, 2.24) is 9.97 Å². The monoisotopic (exact) mass is 381 g/mol. The molecule has 0 unspecified atom stereocenters. The van der Waals surface area contributed by atoms with Crippen molar-refractivity contribution in [2.45, 2.75) is 11.1 Å². The van der Waals surface area contributed by atoms with Gasteiger partial charge in [-0.1, -0.05) is 0 Å². The SMILES string of the molecule is Cc1ncc(S(=O)(=O)Nc2ccc(I)cn2)s1. The second-order valence-electron chi connectivity index (χ2n) is 3.17. The van der Waals surface area contributed by atoms with Crippen LogP contribution in [0.15, 0.2) is 28.7 Å². The first-order valence-electron chi connectivity index (χ1n) is 4.54. The molecule has 2 aromatic rings. The van der Waals surface area contributed by atoms with Gasteiger partial charge in [-0.15, -0.1) is 11.3 Å². The van der Waals surface area contributed by atoms with Crippen LogP contribution in [0.25, 0.3) is 0 Å². The zero-order valence-electron chi connectivity index (χ0n) is 8.71. The van der Waals surface area contributed by atoms with Crippen molar-refractivity contribution in [3.8, 4) is 0 Å². The Hall–Kier alpha value is -0.740. The summed E-state index contributed by atoms with van der Waals surface area (Å²) >= 11 is 3.23. The second kappa shape index (κ2) is 4.86. The van der Waals surface area contributed by atoms with Crippen molar-refractivity contribution in [1.29, 1.82) is 0 Å². The normalized spacial score (nSPS) is 11.4. The Labute approximate surface area is 117 Å². The van der Waals surface area contributed by atoms with E-state index >= 15 is 0 Å². The molecule has 17 heavy (non-hydrogen) atoms. The van der Waals surface area contributed by atoms with E-state index in [4.69, 9.17) is 0 Å². The molecule has 0 amide bonds. The second-order valence-corrected chi connectivity index (χ2v) is 7.56. The maximum Gasteiger partial charge on any atom is 0.274 e. The molecule has 0 saturated carbocycles. The summed E-state index contributed by atoms with van der Waals surface area (Å²) in [5.74, 6) is 0.302. The van der Waals surface area contributed by atoms with Gasteiger partial charge in [-0.05, 0) is 41.6 Å². The van der Waals surface area contributed by atoms with E-state index in [2.05, 4.69) is 37.3 Å². The van der Waals surface area contributed by atoms with Gasteiger partial charge in [0.05, 0.1) is 11.2 Å². The summed E-state index contributed by atoms with van der Waals surface area (Å²) in [4.78, 5) is 7.90. The van der Waals surface area contributed by atoms with Crippen LogP contribution in [0.5, 0.6) is 0 Å². The third-order valence-electron chi connectivity index (χ3n) is 1.83. The van der Waals surface area contributed by atoms with Gasteiger partial charge in [0, 0.05) is 9.77 Å². The molecule has 2 aromatic heterocycles. The van der Waals surface area contributed by atoms with Crippen molar-refractivity contribution in [2.75, 3.05) is 4.72 Å². The molecule has 8 heteroatoms. The summed E-state index contributed by atoms with van der Waals surface area (Å²) < 4.78 is 27.4. The summed E-state index contributed by atoms with van der Waals surface area (Å²) in [6.07, 6.45) is 2.94. The molecule has 90 valence electrons. The van der Waals surface area contributed by atoms with Crippen molar-refractivity contribution < 1.29 is 8.42 Å². The van der Waals surface area contributed by atoms with Gasteiger partial charge in [0.25, 0.3) is 10.0 Å². The van der Waals surface area contributed by atoms with Gasteiger partial charge in [-0.2, -0.15) is 0 Å². The van der Waals surface area contributed by atoms with Crippen LogP contribution in [0.2, 0.25) is 0 Å². The lowest BCUT2D eigenvalue weighted by Crippen LogP contribution is -2.12. The van der Waals surface area contributed by atoms with E-state index in [0.29, 0.717) is 10.8 Å². The number of aryl methyl sites for hydroxylation is 1. The minimum absolute atomic E-state index is 0.190. The molecular formula is C9H8IN3O2S2. The van der Waals surface area contributed by atoms with E-state index in [9.17, 15) is 8.42 Å². The number of anilines is 1. The van der Waals surface area contributed by atoms with E-state index in [-0.39, 0.29) is 4.21 Å². The Morgan fingerprint density at radius 2 is 2.06 bits per heavy atom. The highest BCUT2D eigenvalue weighted by Gasteiger charge is 2.17. The molecule has 0 atom stereocenters. The maximum atomic E-state index is 11.9. The van der Waals surface area contributed by atoms with Crippen molar-refractivity contribution in [2.24, 2.45) is 0 Å². The molecular weight excluding hydrogens is 373 g/mol. The summed E-state index contributed by atoms with van der Waals surface area (Å²) in [6, 6.07) is 3.40. The van der Waals surface area contributed by atoms with Crippen LogP contribution in [0.4, 0.5) is 5.82 Å². The van der Waals surface area contributed by atoms with Crippen LogP contribution >= 0.6 is 33.9 Å². The number of hydrogen-bond donors (Lipinski definition) is 1. The Morgan fingerprint density at radius 3 is 2.59 bits per heavy atom. The number of pyridine rings is 1. The van der Waals surface area contributed by atoms with E-state index in [1.54, 1.807) is 25.3 Å². The fourth-order valence-corrected chi connectivity index (χ4v) is 3.53. The van der Waals surface area contributed by atoms with E-state index in [0.717, 1.165) is 14.9 Å². The number of nitrogens with zero attached hydrogens (tertiary/aromatic N) is 2. The third-order valence-corrected chi connectivity index (χ3v) is 5.20. The van der Waals surface area contributed by atoms with Gasteiger partial charge in [-0.25, -0.2) is 18.4 Å². The summed E-state index contributed by atoms with van der Waals surface area (Å²) in [7, 11) is -3.56. The molecule has 0 fully saturated rings. The number of hydrogen-bond acceptors (Lipinski definition) is 5. The molecule has 0 aliphatic carbocycles. The minimum atomic E-state index is -3.56. The number of sulfonamides is 1. The van der Waals surface area contributed by atoms with Crippen LogP contribution in [0.1, 0.15) is 5.01 Å². The fourth-order valence-electron chi connectivity index (χ4n) is 1.09. The molecule has 0 spiro atoms. The van der Waals surface area contributed by atoms with Gasteiger partial charge < -0.3 is 0 Å². The van der Waals surface area contributed by atoms with Crippen molar-refractivity contribution in [3.05, 3.63) is 33.1 Å². The predicted molar refractivity (Wildman–Crippen MR) is 74.6 cm³/mol. The zero-order chi connectivity index (χ0) is 12.5. The van der Waals surface area contributed by atoms with Crippen LogP contribution in [0, 0.1) is 10.5 Å². The van der Waals surface area contributed by atoms with Crippen molar-refractivity contribution in [3.63, 3.8) is 0 Å². The highest BCUT2D eigenvalue weighted by atomic mass is 127. The van der Waals surface area contributed by atoms with Gasteiger partial charge in [0.2, 0.25) is 0 Å². The number of aromatic nitrogens is 2. The quantitative estimate of drug-likeness (QED) is 0.828. The van der Waals surface area contributed by atoms with Crippen LogP contribution in [0.3, 0.4) is 0 Å². The number of rotatable bonds is 3. The molecule has 2 heterocycles. The van der Waals surface area contributed by atoms with Gasteiger partial charge in [0.1, 0.15) is 5.82 Å². The lowest BCUT2D eigenvalue weighted by atomic mass is 10.5. The lowest BCUT2D eigenvalue weighted by Gasteiger charge is -2.04. The molecule has 1 N–H and O–H groups in total. The summed E-state index contributed by atoms with van der Waals surface area (Å²) in [6.45, 7) is 1.76. The highest BCUT2D eigenvalue weighted by molar-refractivity contribution is 14.1. The first kappa shape index (κ1) is 12.7. The van der Waals surface area contributed by atoms with Crippen LogP contribution < -0.4 is 4.72 Å². The van der Waals surface area contributed by atoms with Crippen molar-refractivity contribution >= 4 is 49.8 Å². The third kappa shape index (κ3) is 3.13.